The molecule has 0 radical (unpaired) electrons. The molecule has 1 unspecified atom stereocenters. The van der Waals surface area contributed by atoms with Crippen LogP contribution < -0.4 is 5.73 Å². The predicted octanol–water partition coefficient (Wildman–Crippen LogP) is 2.96. The first kappa shape index (κ1) is 10.6. The number of rotatable bonds is 2. The van der Waals surface area contributed by atoms with Gasteiger partial charge < -0.3 is 10.3 Å². The van der Waals surface area contributed by atoms with Crippen LogP contribution in [0.5, 0.6) is 0 Å². The number of hydrogen-bond donors (Lipinski definition) is 1. The van der Waals surface area contributed by atoms with Crippen LogP contribution in [0, 0.1) is 0 Å². The monoisotopic (exact) mass is 249 g/mol. The number of hydrogen-bond acceptors (Lipinski definition) is 2. The quantitative estimate of drug-likeness (QED) is 0.710. The van der Waals surface area contributed by atoms with Crippen LogP contribution >= 0.6 is 0 Å². The summed E-state index contributed by atoms with van der Waals surface area (Å²) in [5.41, 5.74) is 11.7. The van der Waals surface area contributed by atoms with E-state index in [0.29, 0.717) is 5.92 Å². The maximum Gasteiger partial charge on any atom is 0.0958 e. The fourth-order valence-electron chi connectivity index (χ4n) is 2.99. The van der Waals surface area contributed by atoms with E-state index in [0.717, 1.165) is 17.7 Å². The Bertz CT molecular complexity index is 758. The van der Waals surface area contributed by atoms with Crippen molar-refractivity contribution in [1.29, 1.82) is 0 Å². The SMILES string of the molecule is Nc1ccc2c(c1)ncn2CC1Cc2ccccc21. The second-order valence-corrected chi connectivity index (χ2v) is 5.24. The summed E-state index contributed by atoms with van der Waals surface area (Å²) in [5.74, 6) is 0.617. The van der Waals surface area contributed by atoms with Crippen molar-refractivity contribution in [2.45, 2.75) is 18.9 Å². The Morgan fingerprint density at radius 1 is 1.21 bits per heavy atom. The Hall–Kier alpha value is -2.29. The summed E-state index contributed by atoms with van der Waals surface area (Å²) in [7, 11) is 0. The molecule has 0 fully saturated rings. The lowest BCUT2D eigenvalue weighted by Gasteiger charge is -2.30. The number of nitrogens with zero attached hydrogens (tertiary/aromatic N) is 2. The summed E-state index contributed by atoms with van der Waals surface area (Å²) in [5, 5.41) is 0. The number of aromatic nitrogens is 2. The Balaban J connectivity index is 1.67. The van der Waals surface area contributed by atoms with Crippen LogP contribution in [-0.2, 0) is 13.0 Å². The highest BCUT2D eigenvalue weighted by Crippen LogP contribution is 2.36. The largest absolute Gasteiger partial charge is 0.399 e. The van der Waals surface area contributed by atoms with Crippen LogP contribution in [0.1, 0.15) is 17.0 Å². The van der Waals surface area contributed by atoms with Crippen molar-refractivity contribution in [3.8, 4) is 0 Å². The lowest BCUT2D eigenvalue weighted by Crippen LogP contribution is -2.21. The van der Waals surface area contributed by atoms with Gasteiger partial charge in [-0.25, -0.2) is 4.98 Å². The smallest absolute Gasteiger partial charge is 0.0958 e. The van der Waals surface area contributed by atoms with Gasteiger partial charge in [-0.2, -0.15) is 0 Å². The summed E-state index contributed by atoms with van der Waals surface area (Å²) >= 11 is 0. The molecular weight excluding hydrogens is 234 g/mol. The van der Waals surface area contributed by atoms with Crippen LogP contribution in [0.3, 0.4) is 0 Å². The Labute approximate surface area is 111 Å². The second-order valence-electron chi connectivity index (χ2n) is 5.24. The molecular formula is C16H15N3. The molecule has 1 heterocycles. The average molecular weight is 249 g/mol. The normalized spacial score (nSPS) is 17.2. The summed E-state index contributed by atoms with van der Waals surface area (Å²) in [4.78, 5) is 4.43. The van der Waals surface area contributed by atoms with Gasteiger partial charge >= 0.3 is 0 Å². The zero-order chi connectivity index (χ0) is 12.8. The van der Waals surface area contributed by atoms with Crippen LogP contribution in [0.4, 0.5) is 5.69 Å². The summed E-state index contributed by atoms with van der Waals surface area (Å²) < 4.78 is 2.23. The van der Waals surface area contributed by atoms with E-state index in [4.69, 9.17) is 5.73 Å². The minimum atomic E-state index is 0.617. The molecule has 1 atom stereocenters. The van der Waals surface area contributed by atoms with Crippen molar-refractivity contribution in [2.75, 3.05) is 5.73 Å². The molecule has 1 aromatic heterocycles. The Morgan fingerprint density at radius 2 is 2.11 bits per heavy atom. The van der Waals surface area contributed by atoms with Crippen LogP contribution in [0.25, 0.3) is 11.0 Å². The van der Waals surface area contributed by atoms with Crippen LogP contribution in [0.2, 0.25) is 0 Å². The molecule has 1 aliphatic carbocycles. The van der Waals surface area contributed by atoms with Crippen molar-refractivity contribution < 1.29 is 0 Å². The molecule has 0 amide bonds. The summed E-state index contributed by atoms with van der Waals surface area (Å²) in [6.07, 6.45) is 3.09. The molecule has 3 aromatic rings. The third kappa shape index (κ3) is 1.62. The molecule has 0 aliphatic heterocycles. The lowest BCUT2D eigenvalue weighted by atomic mass is 9.77. The van der Waals surface area contributed by atoms with E-state index in [9.17, 15) is 0 Å². The van der Waals surface area contributed by atoms with E-state index < -0.39 is 0 Å². The molecule has 19 heavy (non-hydrogen) atoms. The van der Waals surface area contributed by atoms with Crippen LogP contribution in [-0.4, -0.2) is 9.55 Å². The second kappa shape index (κ2) is 3.85. The average Bonchev–Trinajstić information content (AvgIpc) is 2.78. The van der Waals surface area contributed by atoms with Crippen LogP contribution in [0.15, 0.2) is 48.8 Å². The number of nitrogens with two attached hydrogens (primary N) is 1. The maximum absolute atomic E-state index is 5.79. The standard InChI is InChI=1S/C16H15N3/c17-13-5-6-16-15(8-13)18-10-19(16)9-12-7-11-3-1-2-4-14(11)12/h1-6,8,10,12H,7,9,17H2. The van der Waals surface area contributed by atoms with Gasteiger partial charge in [0.1, 0.15) is 0 Å². The van der Waals surface area contributed by atoms with Crippen molar-refractivity contribution >= 4 is 16.7 Å². The molecule has 94 valence electrons. The molecule has 2 aromatic carbocycles. The highest BCUT2D eigenvalue weighted by molar-refractivity contribution is 5.78. The van der Waals surface area contributed by atoms with E-state index in [1.54, 1.807) is 0 Å². The van der Waals surface area contributed by atoms with Gasteiger partial charge in [-0.1, -0.05) is 24.3 Å². The van der Waals surface area contributed by atoms with E-state index in [2.05, 4.69) is 39.9 Å². The fourth-order valence-corrected chi connectivity index (χ4v) is 2.99. The van der Waals surface area contributed by atoms with Crippen molar-refractivity contribution in [2.24, 2.45) is 0 Å². The lowest BCUT2D eigenvalue weighted by molar-refractivity contribution is 0.516. The highest BCUT2D eigenvalue weighted by Gasteiger charge is 2.25. The van der Waals surface area contributed by atoms with Gasteiger partial charge in [0.25, 0.3) is 0 Å². The minimum Gasteiger partial charge on any atom is -0.399 e. The minimum absolute atomic E-state index is 0.617. The number of fused-ring (bicyclic) bond motifs is 2. The number of imidazole rings is 1. The molecule has 0 saturated heterocycles. The summed E-state index contributed by atoms with van der Waals surface area (Å²) in [6.45, 7) is 0.997. The third-order valence-electron chi connectivity index (χ3n) is 4.02. The Kier molecular flexibility index (Phi) is 2.15. The van der Waals surface area contributed by atoms with E-state index in [1.165, 1.54) is 23.1 Å². The van der Waals surface area contributed by atoms with Gasteiger partial charge in [-0.15, -0.1) is 0 Å². The molecule has 3 heteroatoms. The van der Waals surface area contributed by atoms with Gasteiger partial charge in [0.05, 0.1) is 17.4 Å². The molecule has 2 N–H and O–H groups in total. The molecule has 1 aliphatic rings. The third-order valence-corrected chi connectivity index (χ3v) is 4.02. The van der Waals surface area contributed by atoms with Gasteiger partial charge in [-0.05, 0) is 35.7 Å². The van der Waals surface area contributed by atoms with Gasteiger partial charge in [0, 0.05) is 18.2 Å². The zero-order valence-electron chi connectivity index (χ0n) is 10.6. The first-order valence-corrected chi connectivity index (χ1v) is 6.59. The number of anilines is 1. The van der Waals surface area contributed by atoms with Crippen molar-refractivity contribution in [3.63, 3.8) is 0 Å². The molecule has 0 saturated carbocycles. The van der Waals surface area contributed by atoms with Crippen molar-refractivity contribution in [1.82, 2.24) is 9.55 Å². The maximum atomic E-state index is 5.79. The first-order chi connectivity index (χ1) is 9.31. The molecule has 0 bridgehead atoms. The zero-order valence-corrected chi connectivity index (χ0v) is 10.6. The summed E-state index contributed by atoms with van der Waals surface area (Å²) in [6, 6.07) is 14.6. The molecule has 4 rings (SSSR count). The number of benzene rings is 2. The Morgan fingerprint density at radius 3 is 3.00 bits per heavy atom. The first-order valence-electron chi connectivity index (χ1n) is 6.59. The van der Waals surface area contributed by atoms with E-state index >= 15 is 0 Å². The fraction of sp³-hybridized carbons (Fsp3) is 0.188. The van der Waals surface area contributed by atoms with Gasteiger partial charge in [-0.3, -0.25) is 0 Å². The number of nitrogen functional groups attached to an aromatic ring is 1. The molecule has 0 spiro atoms. The van der Waals surface area contributed by atoms with Gasteiger partial charge in [0.15, 0.2) is 0 Å². The predicted molar refractivity (Wildman–Crippen MR) is 77.0 cm³/mol. The molecule has 3 nitrogen and oxygen atoms in total. The van der Waals surface area contributed by atoms with E-state index in [-0.39, 0.29) is 0 Å². The van der Waals surface area contributed by atoms with E-state index in [1.807, 2.05) is 18.5 Å². The van der Waals surface area contributed by atoms with Crippen molar-refractivity contribution in [3.05, 3.63) is 59.9 Å². The topological polar surface area (TPSA) is 43.8 Å². The van der Waals surface area contributed by atoms with Gasteiger partial charge in [0.2, 0.25) is 0 Å². The highest BCUT2D eigenvalue weighted by atomic mass is 15.0.